The molecule has 0 aliphatic heterocycles. The van der Waals surface area contributed by atoms with E-state index in [0.717, 1.165) is 12.8 Å². The second-order valence-electron chi connectivity index (χ2n) is 5.76. The first-order valence-corrected chi connectivity index (χ1v) is 10.2. The third-order valence-electron chi connectivity index (χ3n) is 4.10. The van der Waals surface area contributed by atoms with Crippen LogP contribution >= 0.6 is 15.9 Å². The summed E-state index contributed by atoms with van der Waals surface area (Å²) < 4.78 is 25.6. The average molecular weight is 428 g/mol. The van der Waals surface area contributed by atoms with Crippen LogP contribution in [-0.4, -0.2) is 34.7 Å². The third-order valence-corrected chi connectivity index (χ3v) is 5.67. The fourth-order valence-corrected chi connectivity index (χ4v) is 4.43. The standard InChI is InChI=1S/C17H18BrNO5S/c1-4-24-17(21)12-14(20)10-7-8-11(18)15(23-2)13(10)19(9-5-6-9)16(12)25(3)22/h7-9H,4-6H2,1-3H3/t25-/m0/s1. The van der Waals surface area contributed by atoms with Crippen LogP contribution in [0.1, 0.15) is 36.2 Å². The van der Waals surface area contributed by atoms with Gasteiger partial charge in [-0.2, -0.15) is 0 Å². The number of fused-ring (bicyclic) bond motifs is 1. The van der Waals surface area contributed by atoms with E-state index in [1.165, 1.54) is 13.4 Å². The molecule has 134 valence electrons. The molecular formula is C17H18BrNO5S. The highest BCUT2D eigenvalue weighted by Gasteiger charge is 2.34. The molecule has 0 unspecified atom stereocenters. The predicted molar refractivity (Wildman–Crippen MR) is 99.0 cm³/mol. The van der Waals surface area contributed by atoms with Crippen LogP contribution in [0.25, 0.3) is 10.9 Å². The van der Waals surface area contributed by atoms with E-state index < -0.39 is 22.2 Å². The molecule has 0 spiro atoms. The monoisotopic (exact) mass is 427 g/mol. The lowest BCUT2D eigenvalue weighted by Crippen LogP contribution is -2.26. The Kier molecular flexibility index (Phi) is 5.02. The van der Waals surface area contributed by atoms with Gasteiger partial charge in [-0.25, -0.2) is 4.79 Å². The molecular weight excluding hydrogens is 410 g/mol. The van der Waals surface area contributed by atoms with Gasteiger partial charge in [0.05, 0.1) is 39.9 Å². The number of carbonyl (C=O) groups excluding carboxylic acids is 1. The Morgan fingerprint density at radius 3 is 2.60 bits per heavy atom. The first kappa shape index (κ1) is 18.1. The smallest absolute Gasteiger partial charge is 0.344 e. The van der Waals surface area contributed by atoms with Gasteiger partial charge in [-0.1, -0.05) is 0 Å². The Morgan fingerprint density at radius 2 is 2.08 bits per heavy atom. The van der Waals surface area contributed by atoms with Gasteiger partial charge in [-0.05, 0) is 47.8 Å². The summed E-state index contributed by atoms with van der Waals surface area (Å²) in [5, 5.41) is 0.555. The molecule has 1 aliphatic carbocycles. The fraction of sp³-hybridized carbons (Fsp3) is 0.412. The van der Waals surface area contributed by atoms with Crippen LogP contribution in [0, 0.1) is 0 Å². The molecule has 0 saturated heterocycles. The summed E-state index contributed by atoms with van der Waals surface area (Å²) in [6, 6.07) is 3.43. The summed E-state index contributed by atoms with van der Waals surface area (Å²) in [7, 11) is -0.0318. The Labute approximate surface area is 155 Å². The zero-order chi connectivity index (χ0) is 18.3. The quantitative estimate of drug-likeness (QED) is 0.685. The maximum Gasteiger partial charge on any atom is 0.344 e. The normalized spacial score (nSPS) is 15.2. The van der Waals surface area contributed by atoms with Crippen LogP contribution in [0.15, 0.2) is 26.4 Å². The summed E-state index contributed by atoms with van der Waals surface area (Å²) >= 11 is 3.43. The number of methoxy groups -OCH3 is 1. The van der Waals surface area contributed by atoms with Crippen LogP contribution in [0.4, 0.5) is 0 Å². The minimum Gasteiger partial charge on any atom is -0.493 e. The molecule has 6 nitrogen and oxygen atoms in total. The number of rotatable bonds is 5. The van der Waals surface area contributed by atoms with E-state index in [-0.39, 0.29) is 23.2 Å². The van der Waals surface area contributed by atoms with Crippen LogP contribution in [-0.2, 0) is 15.5 Å². The van der Waals surface area contributed by atoms with E-state index in [1.54, 1.807) is 19.1 Å². The molecule has 1 aromatic carbocycles. The van der Waals surface area contributed by atoms with Gasteiger partial charge in [-0.3, -0.25) is 9.00 Å². The molecule has 1 fully saturated rings. The average Bonchev–Trinajstić information content (AvgIpc) is 3.39. The van der Waals surface area contributed by atoms with Gasteiger partial charge in [0.25, 0.3) is 0 Å². The largest absolute Gasteiger partial charge is 0.493 e. The molecule has 0 N–H and O–H groups in total. The fourth-order valence-electron chi connectivity index (χ4n) is 2.96. The number of hydrogen-bond acceptors (Lipinski definition) is 5. The van der Waals surface area contributed by atoms with Crippen molar-refractivity contribution >= 4 is 43.6 Å². The molecule has 1 saturated carbocycles. The van der Waals surface area contributed by atoms with Crippen molar-refractivity contribution in [1.82, 2.24) is 4.57 Å². The number of halogens is 1. The molecule has 1 aromatic heterocycles. The van der Waals surface area contributed by atoms with Crippen molar-refractivity contribution < 1.29 is 18.5 Å². The van der Waals surface area contributed by atoms with Crippen LogP contribution in [0.3, 0.4) is 0 Å². The van der Waals surface area contributed by atoms with Crippen molar-refractivity contribution in [2.24, 2.45) is 0 Å². The topological polar surface area (TPSA) is 74.6 Å². The number of nitrogens with zero attached hydrogens (tertiary/aromatic N) is 1. The van der Waals surface area contributed by atoms with Gasteiger partial charge in [0.1, 0.15) is 10.6 Å². The maximum absolute atomic E-state index is 13.0. The highest BCUT2D eigenvalue weighted by molar-refractivity contribution is 9.10. The summed E-state index contributed by atoms with van der Waals surface area (Å²) in [5.74, 6) is -0.250. The highest BCUT2D eigenvalue weighted by Crippen LogP contribution is 2.43. The highest BCUT2D eigenvalue weighted by atomic mass is 79.9. The zero-order valence-electron chi connectivity index (χ0n) is 14.1. The number of aromatic nitrogens is 1. The van der Waals surface area contributed by atoms with Crippen LogP contribution < -0.4 is 10.2 Å². The number of ether oxygens (including phenoxy) is 2. The first-order valence-electron chi connectivity index (χ1n) is 7.87. The minimum atomic E-state index is -1.55. The Morgan fingerprint density at radius 1 is 1.40 bits per heavy atom. The lowest BCUT2D eigenvalue weighted by atomic mass is 10.1. The molecule has 1 heterocycles. The van der Waals surface area contributed by atoms with Gasteiger partial charge < -0.3 is 14.0 Å². The lowest BCUT2D eigenvalue weighted by molar-refractivity contribution is 0.0518. The van der Waals surface area contributed by atoms with E-state index in [0.29, 0.717) is 21.1 Å². The van der Waals surface area contributed by atoms with Crippen molar-refractivity contribution in [2.75, 3.05) is 20.0 Å². The molecule has 8 heteroatoms. The van der Waals surface area contributed by atoms with Crippen molar-refractivity contribution in [1.29, 1.82) is 0 Å². The zero-order valence-corrected chi connectivity index (χ0v) is 16.5. The predicted octanol–water partition coefficient (Wildman–Crippen LogP) is 3.02. The number of hydrogen-bond donors (Lipinski definition) is 0. The van der Waals surface area contributed by atoms with Crippen molar-refractivity contribution in [3.05, 3.63) is 32.4 Å². The van der Waals surface area contributed by atoms with Gasteiger partial charge in [-0.15, -0.1) is 0 Å². The van der Waals surface area contributed by atoms with Crippen LogP contribution in [0.2, 0.25) is 0 Å². The Bertz CT molecular complexity index is 948. The minimum absolute atomic E-state index is 0.0818. The SMILES string of the molecule is CCOC(=O)c1c([S@](C)=O)n(C2CC2)c2c(OC)c(Br)ccc2c1=O. The van der Waals surface area contributed by atoms with Crippen LogP contribution in [0.5, 0.6) is 5.75 Å². The van der Waals surface area contributed by atoms with Gasteiger partial charge in [0.15, 0.2) is 5.75 Å². The molecule has 0 bridgehead atoms. The molecule has 0 radical (unpaired) electrons. The molecule has 1 atom stereocenters. The lowest BCUT2D eigenvalue weighted by Gasteiger charge is -2.20. The van der Waals surface area contributed by atoms with Crippen molar-refractivity contribution in [2.45, 2.75) is 30.8 Å². The Balaban J connectivity index is 2.54. The first-order chi connectivity index (χ1) is 11.9. The molecule has 3 rings (SSSR count). The summed E-state index contributed by atoms with van der Waals surface area (Å²) in [4.78, 5) is 25.5. The van der Waals surface area contributed by atoms with Gasteiger partial charge in [0.2, 0.25) is 5.43 Å². The second kappa shape index (κ2) is 6.92. The Hall–Kier alpha value is -1.67. The van der Waals surface area contributed by atoms with E-state index >= 15 is 0 Å². The van der Waals surface area contributed by atoms with E-state index in [4.69, 9.17) is 9.47 Å². The van der Waals surface area contributed by atoms with E-state index in [9.17, 15) is 13.8 Å². The third kappa shape index (κ3) is 3.01. The molecule has 25 heavy (non-hydrogen) atoms. The number of carbonyl (C=O) groups is 1. The summed E-state index contributed by atoms with van der Waals surface area (Å²) in [6.07, 6.45) is 3.24. The van der Waals surface area contributed by atoms with Gasteiger partial charge in [0, 0.05) is 12.3 Å². The number of pyridine rings is 1. The van der Waals surface area contributed by atoms with Gasteiger partial charge >= 0.3 is 5.97 Å². The number of esters is 1. The van der Waals surface area contributed by atoms with Crippen molar-refractivity contribution in [3.63, 3.8) is 0 Å². The van der Waals surface area contributed by atoms with E-state index in [1.807, 2.05) is 4.57 Å². The molecule has 2 aromatic rings. The number of benzene rings is 1. The van der Waals surface area contributed by atoms with E-state index in [2.05, 4.69) is 15.9 Å². The maximum atomic E-state index is 13.0. The summed E-state index contributed by atoms with van der Waals surface area (Å²) in [5.41, 5.74) is -0.0737. The molecule has 1 aliphatic rings. The molecule has 0 amide bonds. The second-order valence-corrected chi connectivity index (χ2v) is 7.91. The van der Waals surface area contributed by atoms with Crippen molar-refractivity contribution in [3.8, 4) is 5.75 Å². The summed E-state index contributed by atoms with van der Waals surface area (Å²) in [6.45, 7) is 1.81.